The number of nitrogens with zero attached hydrogens (tertiary/aromatic N) is 3. The van der Waals surface area contributed by atoms with Gasteiger partial charge in [-0.2, -0.15) is 0 Å². The van der Waals surface area contributed by atoms with Crippen LogP contribution in [0.25, 0.3) is 10.2 Å². The van der Waals surface area contributed by atoms with Gasteiger partial charge in [-0.05, 0) is 61.8 Å². The van der Waals surface area contributed by atoms with Crippen molar-refractivity contribution in [3.8, 4) is 0 Å². The van der Waals surface area contributed by atoms with Crippen molar-refractivity contribution in [2.45, 2.75) is 58.5 Å². The number of fused-ring (bicyclic) bond motifs is 1. The van der Waals surface area contributed by atoms with Crippen LogP contribution in [-0.4, -0.2) is 46.0 Å². The summed E-state index contributed by atoms with van der Waals surface area (Å²) in [7, 11) is 1.65. The molecule has 2 amide bonds. The minimum Gasteiger partial charge on any atom is -0.359 e. The van der Waals surface area contributed by atoms with Gasteiger partial charge in [0.1, 0.15) is 11.2 Å². The van der Waals surface area contributed by atoms with Crippen molar-refractivity contribution in [2.24, 2.45) is 17.8 Å². The molecule has 1 saturated carbocycles. The molecule has 2 aromatic rings. The monoisotopic (exact) mass is 460 g/mol. The van der Waals surface area contributed by atoms with E-state index in [0.717, 1.165) is 51.6 Å². The first-order valence-electron chi connectivity index (χ1n) is 11.6. The summed E-state index contributed by atoms with van der Waals surface area (Å²) in [6, 6.07) is 1.76. The molecular weight excluding hydrogens is 428 g/mol. The summed E-state index contributed by atoms with van der Waals surface area (Å²) in [5.41, 5.74) is -0.139. The zero-order chi connectivity index (χ0) is 22.8. The molecule has 32 heavy (non-hydrogen) atoms. The third-order valence-corrected chi connectivity index (χ3v) is 8.06. The van der Waals surface area contributed by atoms with Crippen LogP contribution in [0.5, 0.6) is 0 Å². The number of carbonyl (C=O) groups is 2. The second kappa shape index (κ2) is 9.60. The minimum absolute atomic E-state index is 0.00860. The molecule has 4 rings (SSSR count). The highest BCUT2D eigenvalue weighted by Crippen LogP contribution is 2.29. The Bertz CT molecular complexity index is 1100. The standard InChI is InChI=1S/C23H32N4O4S/c1-15-7-10-25(11-8-15)19(28)14-26-18-9-12-32-20(18)22(30)27(23(26)31)13-16-3-5-17(6-4-16)21(29)24-2/h9,12,15-17H,3-8,10-11,13-14H2,1-2H3,(H,24,29). The van der Waals surface area contributed by atoms with E-state index in [4.69, 9.17) is 0 Å². The van der Waals surface area contributed by atoms with Gasteiger partial charge in [0.15, 0.2) is 0 Å². The van der Waals surface area contributed by atoms with E-state index in [9.17, 15) is 19.2 Å². The van der Waals surface area contributed by atoms with E-state index >= 15 is 0 Å². The zero-order valence-corrected chi connectivity index (χ0v) is 19.7. The van der Waals surface area contributed by atoms with E-state index in [1.165, 1.54) is 20.5 Å². The Labute approximate surface area is 191 Å². The normalized spacial score (nSPS) is 22.2. The number of amides is 2. The summed E-state index contributed by atoms with van der Waals surface area (Å²) in [6.45, 7) is 3.93. The highest BCUT2D eigenvalue weighted by molar-refractivity contribution is 7.17. The number of piperidine rings is 1. The van der Waals surface area contributed by atoms with Crippen LogP contribution in [0.15, 0.2) is 21.0 Å². The number of aromatic nitrogens is 2. The van der Waals surface area contributed by atoms with Crippen LogP contribution in [0, 0.1) is 17.8 Å². The number of hydrogen-bond donors (Lipinski definition) is 1. The first-order valence-corrected chi connectivity index (χ1v) is 12.5. The van der Waals surface area contributed by atoms with Gasteiger partial charge in [-0.15, -0.1) is 11.3 Å². The van der Waals surface area contributed by atoms with E-state index in [1.807, 2.05) is 4.90 Å². The van der Waals surface area contributed by atoms with E-state index in [0.29, 0.717) is 22.7 Å². The van der Waals surface area contributed by atoms with Crippen molar-refractivity contribution in [1.82, 2.24) is 19.4 Å². The predicted molar refractivity (Wildman–Crippen MR) is 125 cm³/mol. The molecule has 1 aliphatic carbocycles. The molecule has 174 valence electrons. The Balaban J connectivity index is 1.56. The largest absolute Gasteiger partial charge is 0.359 e. The van der Waals surface area contributed by atoms with Crippen LogP contribution >= 0.6 is 11.3 Å². The van der Waals surface area contributed by atoms with Crippen LogP contribution in [0.2, 0.25) is 0 Å². The number of carbonyl (C=O) groups excluding carboxylic acids is 2. The molecule has 1 N–H and O–H groups in total. The summed E-state index contributed by atoms with van der Waals surface area (Å²) in [6.07, 6.45) is 5.09. The van der Waals surface area contributed by atoms with Crippen LogP contribution in [-0.2, 0) is 22.7 Å². The van der Waals surface area contributed by atoms with Crippen LogP contribution in [0.4, 0.5) is 0 Å². The van der Waals surface area contributed by atoms with Gasteiger partial charge in [0.05, 0.1) is 5.52 Å². The second-order valence-electron chi connectivity index (χ2n) is 9.31. The van der Waals surface area contributed by atoms with Gasteiger partial charge in [0, 0.05) is 32.6 Å². The Morgan fingerprint density at radius 3 is 2.41 bits per heavy atom. The molecule has 0 aromatic carbocycles. The van der Waals surface area contributed by atoms with Crippen molar-refractivity contribution in [2.75, 3.05) is 20.1 Å². The third kappa shape index (κ3) is 4.53. The van der Waals surface area contributed by atoms with Crippen molar-refractivity contribution in [1.29, 1.82) is 0 Å². The Morgan fingerprint density at radius 2 is 1.75 bits per heavy atom. The Kier molecular flexibility index (Phi) is 6.83. The number of hydrogen-bond acceptors (Lipinski definition) is 5. The van der Waals surface area contributed by atoms with Gasteiger partial charge in [0.25, 0.3) is 5.56 Å². The van der Waals surface area contributed by atoms with Crippen molar-refractivity contribution in [3.05, 3.63) is 32.3 Å². The molecule has 2 aliphatic rings. The fourth-order valence-electron chi connectivity index (χ4n) is 5.01. The second-order valence-corrected chi connectivity index (χ2v) is 10.2. The van der Waals surface area contributed by atoms with Gasteiger partial charge in [-0.3, -0.25) is 23.5 Å². The Morgan fingerprint density at radius 1 is 1.06 bits per heavy atom. The topological polar surface area (TPSA) is 93.4 Å². The summed E-state index contributed by atoms with van der Waals surface area (Å²) in [5.74, 6) is 0.794. The molecule has 0 radical (unpaired) electrons. The summed E-state index contributed by atoms with van der Waals surface area (Å²) < 4.78 is 3.31. The maximum Gasteiger partial charge on any atom is 0.332 e. The van der Waals surface area contributed by atoms with E-state index in [2.05, 4.69) is 12.2 Å². The fraction of sp³-hybridized carbons (Fsp3) is 0.652. The van der Waals surface area contributed by atoms with E-state index in [1.54, 1.807) is 18.5 Å². The summed E-state index contributed by atoms with van der Waals surface area (Å²) >= 11 is 1.31. The molecule has 1 saturated heterocycles. The Hall–Kier alpha value is -2.42. The summed E-state index contributed by atoms with van der Waals surface area (Å²) in [4.78, 5) is 53.1. The molecule has 2 fully saturated rings. The zero-order valence-electron chi connectivity index (χ0n) is 18.8. The first-order chi connectivity index (χ1) is 15.4. The SMILES string of the molecule is CNC(=O)C1CCC(Cn2c(=O)c3sccc3n(CC(=O)N3CCC(C)CC3)c2=O)CC1. The molecular formula is C23H32N4O4S. The molecule has 0 spiro atoms. The van der Waals surface area contributed by atoms with Gasteiger partial charge in [0.2, 0.25) is 11.8 Å². The van der Waals surface area contributed by atoms with Crippen molar-refractivity contribution < 1.29 is 9.59 Å². The van der Waals surface area contributed by atoms with Crippen molar-refractivity contribution in [3.63, 3.8) is 0 Å². The van der Waals surface area contributed by atoms with E-state index < -0.39 is 5.69 Å². The minimum atomic E-state index is -0.409. The molecule has 0 unspecified atom stereocenters. The van der Waals surface area contributed by atoms with Gasteiger partial charge in [-0.25, -0.2) is 4.79 Å². The number of nitrogens with one attached hydrogen (secondary N) is 1. The third-order valence-electron chi connectivity index (χ3n) is 7.17. The number of thiophene rings is 1. The maximum absolute atomic E-state index is 13.4. The van der Waals surface area contributed by atoms with Crippen LogP contribution in [0.1, 0.15) is 45.4 Å². The molecule has 3 heterocycles. The molecule has 1 aliphatic heterocycles. The van der Waals surface area contributed by atoms with Gasteiger partial charge >= 0.3 is 5.69 Å². The molecule has 2 aromatic heterocycles. The van der Waals surface area contributed by atoms with Gasteiger partial charge < -0.3 is 10.2 Å². The average molecular weight is 461 g/mol. The molecule has 9 heteroatoms. The predicted octanol–water partition coefficient (Wildman–Crippen LogP) is 2.04. The lowest BCUT2D eigenvalue weighted by atomic mass is 9.81. The highest BCUT2D eigenvalue weighted by Gasteiger charge is 2.28. The summed E-state index contributed by atoms with van der Waals surface area (Å²) in [5, 5.41) is 4.51. The quantitative estimate of drug-likeness (QED) is 0.739. The highest BCUT2D eigenvalue weighted by atomic mass is 32.1. The maximum atomic E-state index is 13.4. The van der Waals surface area contributed by atoms with Crippen LogP contribution < -0.4 is 16.6 Å². The first kappa shape index (κ1) is 22.8. The average Bonchev–Trinajstić information content (AvgIpc) is 3.30. The smallest absolute Gasteiger partial charge is 0.332 e. The molecule has 8 nitrogen and oxygen atoms in total. The lowest BCUT2D eigenvalue weighted by molar-refractivity contribution is -0.133. The van der Waals surface area contributed by atoms with Gasteiger partial charge in [-0.1, -0.05) is 6.92 Å². The number of likely N-dealkylation sites (tertiary alicyclic amines) is 1. The molecule has 0 bridgehead atoms. The van der Waals surface area contributed by atoms with Crippen LogP contribution in [0.3, 0.4) is 0 Å². The van der Waals surface area contributed by atoms with Crippen molar-refractivity contribution >= 4 is 33.4 Å². The lowest BCUT2D eigenvalue weighted by Gasteiger charge is -2.30. The number of rotatable bonds is 5. The van der Waals surface area contributed by atoms with E-state index in [-0.39, 0.29) is 35.8 Å². The lowest BCUT2D eigenvalue weighted by Crippen LogP contribution is -2.45. The fourth-order valence-corrected chi connectivity index (χ4v) is 5.85. The molecule has 0 atom stereocenters.